The number of hydrogen-bond acceptors (Lipinski definition) is 1. The predicted octanol–water partition coefficient (Wildman–Crippen LogP) is 3.89. The van der Waals surface area contributed by atoms with Crippen molar-refractivity contribution in [2.45, 2.75) is 38.1 Å². The van der Waals surface area contributed by atoms with Gasteiger partial charge in [-0.3, -0.25) is 0 Å². The molecule has 0 spiro atoms. The molecule has 0 aliphatic heterocycles. The van der Waals surface area contributed by atoms with Crippen LogP contribution < -0.4 is 5.73 Å². The quantitative estimate of drug-likeness (QED) is 0.900. The van der Waals surface area contributed by atoms with Crippen molar-refractivity contribution >= 4 is 15.9 Å². The standard InChI is InChI=1S/C15H19BrFN/c16-13-7-10(2-4-14(13)17)8-15(18)12-6-9-1-3-11(12)5-9/h2,4,7,9,11-12,15H,1,3,5-6,8,18H2. The molecule has 2 N–H and O–H groups in total. The Morgan fingerprint density at radius 3 is 2.78 bits per heavy atom. The van der Waals surface area contributed by atoms with Gasteiger partial charge >= 0.3 is 0 Å². The highest BCUT2D eigenvalue weighted by Crippen LogP contribution is 2.49. The van der Waals surface area contributed by atoms with E-state index >= 15 is 0 Å². The van der Waals surface area contributed by atoms with Crippen LogP contribution in [0.2, 0.25) is 0 Å². The molecule has 3 heteroatoms. The molecule has 1 aromatic carbocycles. The molecule has 2 aliphatic rings. The molecule has 0 amide bonds. The van der Waals surface area contributed by atoms with Crippen molar-refractivity contribution in [1.82, 2.24) is 0 Å². The molecule has 0 saturated heterocycles. The van der Waals surface area contributed by atoms with Crippen LogP contribution >= 0.6 is 15.9 Å². The average Bonchev–Trinajstić information content (AvgIpc) is 2.96. The van der Waals surface area contributed by atoms with Gasteiger partial charge in [-0.2, -0.15) is 0 Å². The van der Waals surface area contributed by atoms with Crippen molar-refractivity contribution in [3.63, 3.8) is 0 Å². The van der Waals surface area contributed by atoms with E-state index in [0.717, 1.165) is 23.8 Å². The Morgan fingerprint density at radius 1 is 1.33 bits per heavy atom. The van der Waals surface area contributed by atoms with E-state index in [4.69, 9.17) is 5.73 Å². The maximum atomic E-state index is 13.2. The lowest BCUT2D eigenvalue weighted by atomic mass is 9.81. The van der Waals surface area contributed by atoms with Crippen LogP contribution in [0.25, 0.3) is 0 Å². The summed E-state index contributed by atoms with van der Waals surface area (Å²) in [6.45, 7) is 0. The minimum Gasteiger partial charge on any atom is -0.327 e. The zero-order chi connectivity index (χ0) is 12.7. The lowest BCUT2D eigenvalue weighted by Gasteiger charge is -2.27. The fourth-order valence-electron chi connectivity index (χ4n) is 3.91. The summed E-state index contributed by atoms with van der Waals surface area (Å²) in [5, 5.41) is 0. The van der Waals surface area contributed by atoms with Gasteiger partial charge in [-0.25, -0.2) is 4.39 Å². The summed E-state index contributed by atoms with van der Waals surface area (Å²) in [5.41, 5.74) is 7.51. The van der Waals surface area contributed by atoms with Crippen LogP contribution in [0.3, 0.4) is 0 Å². The molecule has 2 aliphatic carbocycles. The zero-order valence-electron chi connectivity index (χ0n) is 10.4. The first kappa shape index (κ1) is 12.6. The highest BCUT2D eigenvalue weighted by Gasteiger charge is 2.41. The highest BCUT2D eigenvalue weighted by molar-refractivity contribution is 9.10. The number of halogens is 2. The molecule has 0 aromatic heterocycles. The number of nitrogens with two attached hydrogens (primary N) is 1. The summed E-state index contributed by atoms with van der Waals surface area (Å²) >= 11 is 3.24. The number of fused-ring (bicyclic) bond motifs is 2. The van der Waals surface area contributed by atoms with Gasteiger partial charge in [-0.05, 0) is 77.1 Å². The van der Waals surface area contributed by atoms with Gasteiger partial charge in [0.2, 0.25) is 0 Å². The minimum absolute atomic E-state index is 0.202. The van der Waals surface area contributed by atoms with Crippen LogP contribution in [0.15, 0.2) is 22.7 Å². The fourth-order valence-corrected chi connectivity index (χ4v) is 4.33. The monoisotopic (exact) mass is 311 g/mol. The summed E-state index contributed by atoms with van der Waals surface area (Å²) in [5.74, 6) is 2.28. The first-order chi connectivity index (χ1) is 8.63. The van der Waals surface area contributed by atoms with E-state index in [1.54, 1.807) is 0 Å². The average molecular weight is 312 g/mol. The molecule has 4 atom stereocenters. The Kier molecular flexibility index (Phi) is 3.46. The van der Waals surface area contributed by atoms with E-state index in [-0.39, 0.29) is 11.9 Å². The maximum absolute atomic E-state index is 13.2. The molecule has 4 unspecified atom stereocenters. The van der Waals surface area contributed by atoms with Crippen LogP contribution in [-0.4, -0.2) is 6.04 Å². The lowest BCUT2D eigenvalue weighted by Crippen LogP contribution is -2.35. The third-order valence-corrected chi connectivity index (χ3v) is 5.41. The van der Waals surface area contributed by atoms with Gasteiger partial charge in [0.15, 0.2) is 0 Å². The Bertz CT molecular complexity index is 448. The van der Waals surface area contributed by atoms with Crippen molar-refractivity contribution < 1.29 is 4.39 Å². The predicted molar refractivity (Wildman–Crippen MR) is 74.7 cm³/mol. The molecule has 18 heavy (non-hydrogen) atoms. The summed E-state index contributed by atoms with van der Waals surface area (Å²) in [6.07, 6.45) is 6.36. The summed E-state index contributed by atoms with van der Waals surface area (Å²) in [4.78, 5) is 0. The van der Waals surface area contributed by atoms with Crippen LogP contribution in [-0.2, 0) is 6.42 Å². The van der Waals surface area contributed by atoms with E-state index < -0.39 is 0 Å². The summed E-state index contributed by atoms with van der Waals surface area (Å²) < 4.78 is 13.7. The van der Waals surface area contributed by atoms with E-state index in [9.17, 15) is 4.39 Å². The second kappa shape index (κ2) is 4.93. The molecule has 98 valence electrons. The lowest BCUT2D eigenvalue weighted by molar-refractivity contribution is 0.280. The zero-order valence-corrected chi connectivity index (χ0v) is 12.0. The smallest absolute Gasteiger partial charge is 0.137 e. The molecule has 2 bridgehead atoms. The van der Waals surface area contributed by atoms with Crippen molar-refractivity contribution in [1.29, 1.82) is 0 Å². The van der Waals surface area contributed by atoms with Crippen LogP contribution in [0, 0.1) is 23.6 Å². The molecule has 0 heterocycles. The number of rotatable bonds is 3. The van der Waals surface area contributed by atoms with E-state index in [1.165, 1.54) is 31.7 Å². The highest BCUT2D eigenvalue weighted by atomic mass is 79.9. The van der Waals surface area contributed by atoms with Gasteiger partial charge < -0.3 is 5.73 Å². The Morgan fingerprint density at radius 2 is 2.17 bits per heavy atom. The normalized spacial score (nSPS) is 31.8. The SMILES string of the molecule is NC(Cc1ccc(F)c(Br)c1)C1CC2CCC1C2. The second-order valence-corrected chi connectivity index (χ2v) is 6.81. The minimum atomic E-state index is -0.202. The van der Waals surface area contributed by atoms with Crippen molar-refractivity contribution in [2.75, 3.05) is 0 Å². The van der Waals surface area contributed by atoms with Gasteiger partial charge in [-0.15, -0.1) is 0 Å². The topological polar surface area (TPSA) is 26.0 Å². The first-order valence-electron chi connectivity index (χ1n) is 6.83. The van der Waals surface area contributed by atoms with E-state index in [1.807, 2.05) is 12.1 Å². The van der Waals surface area contributed by atoms with E-state index in [0.29, 0.717) is 10.4 Å². The van der Waals surface area contributed by atoms with Gasteiger partial charge in [0.1, 0.15) is 5.82 Å². The molecule has 2 fully saturated rings. The third kappa shape index (κ3) is 2.35. The fraction of sp³-hybridized carbons (Fsp3) is 0.600. The summed E-state index contributed by atoms with van der Waals surface area (Å²) in [6, 6.07) is 5.47. The Balaban J connectivity index is 1.67. The van der Waals surface area contributed by atoms with Gasteiger partial charge in [0.25, 0.3) is 0 Å². The molecule has 1 nitrogen and oxygen atoms in total. The van der Waals surface area contributed by atoms with Crippen LogP contribution in [0.1, 0.15) is 31.2 Å². The molecular weight excluding hydrogens is 293 g/mol. The molecule has 0 radical (unpaired) electrons. The van der Waals surface area contributed by atoms with Crippen molar-refractivity contribution in [3.05, 3.63) is 34.1 Å². The largest absolute Gasteiger partial charge is 0.327 e. The third-order valence-electron chi connectivity index (χ3n) is 4.80. The maximum Gasteiger partial charge on any atom is 0.137 e. The van der Waals surface area contributed by atoms with E-state index in [2.05, 4.69) is 15.9 Å². The van der Waals surface area contributed by atoms with Crippen molar-refractivity contribution in [3.8, 4) is 0 Å². The summed E-state index contributed by atoms with van der Waals surface area (Å²) in [7, 11) is 0. The number of hydrogen-bond donors (Lipinski definition) is 1. The number of benzene rings is 1. The Hall–Kier alpha value is -0.410. The van der Waals surface area contributed by atoms with Gasteiger partial charge in [-0.1, -0.05) is 12.5 Å². The van der Waals surface area contributed by atoms with Crippen LogP contribution in [0.5, 0.6) is 0 Å². The molecule has 1 aromatic rings. The second-order valence-electron chi connectivity index (χ2n) is 5.96. The molecule has 2 saturated carbocycles. The van der Waals surface area contributed by atoms with Gasteiger partial charge in [0.05, 0.1) is 4.47 Å². The first-order valence-corrected chi connectivity index (χ1v) is 7.62. The molecular formula is C15H19BrFN. The Labute approximate surface area is 116 Å². The van der Waals surface area contributed by atoms with Crippen LogP contribution in [0.4, 0.5) is 4.39 Å². The van der Waals surface area contributed by atoms with Gasteiger partial charge in [0, 0.05) is 6.04 Å². The van der Waals surface area contributed by atoms with Crippen molar-refractivity contribution in [2.24, 2.45) is 23.5 Å². The molecule has 3 rings (SSSR count).